The molecule has 0 radical (unpaired) electrons. The van der Waals surface area contributed by atoms with Crippen molar-refractivity contribution < 1.29 is 9.59 Å². The number of quaternary nitrogens is 1. The highest BCUT2D eigenvalue weighted by molar-refractivity contribution is 4.75. The van der Waals surface area contributed by atoms with Gasteiger partial charge in [-0.05, 0) is 12.8 Å². The third-order valence-electron chi connectivity index (χ3n) is 3.13. The molecule has 2 heteroatoms. The molecular weight excluding hydrogens is 150 g/mol. The quantitative estimate of drug-likeness (QED) is 0.635. The van der Waals surface area contributed by atoms with Gasteiger partial charge in [-0.2, -0.15) is 0 Å². The average Bonchev–Trinajstić information content (AvgIpc) is 2.38. The molecule has 0 heterocycles. The third-order valence-corrected chi connectivity index (χ3v) is 3.13. The highest BCUT2D eigenvalue weighted by atomic mass is 16.3. The summed E-state index contributed by atoms with van der Waals surface area (Å²) in [6.07, 6.45) is 5.36. The first-order valence-corrected chi connectivity index (χ1v) is 4.97. The molecule has 1 rings (SSSR count). The van der Waals surface area contributed by atoms with Crippen LogP contribution in [-0.2, 0) is 0 Å². The van der Waals surface area contributed by atoms with E-state index >= 15 is 0 Å². The van der Waals surface area contributed by atoms with Gasteiger partial charge in [0.15, 0.2) is 0 Å². The van der Waals surface area contributed by atoms with Gasteiger partial charge >= 0.3 is 0 Å². The van der Waals surface area contributed by atoms with Crippen LogP contribution >= 0.6 is 0 Å². The van der Waals surface area contributed by atoms with Crippen molar-refractivity contribution in [2.75, 3.05) is 27.7 Å². The van der Waals surface area contributed by atoms with Gasteiger partial charge in [0.2, 0.25) is 0 Å². The highest BCUT2D eigenvalue weighted by Gasteiger charge is 2.33. The van der Waals surface area contributed by atoms with E-state index in [2.05, 4.69) is 21.1 Å². The SMILES string of the molecule is C[N+](C)(C)C(CO)C1CCCC1. The summed E-state index contributed by atoms with van der Waals surface area (Å²) in [6, 6.07) is 0.451. The van der Waals surface area contributed by atoms with Gasteiger partial charge in [0.1, 0.15) is 6.04 Å². The fraction of sp³-hybridized carbons (Fsp3) is 1.00. The lowest BCUT2D eigenvalue weighted by Gasteiger charge is -2.36. The smallest absolute Gasteiger partial charge is 0.115 e. The zero-order valence-electron chi connectivity index (χ0n) is 8.58. The van der Waals surface area contributed by atoms with Crippen molar-refractivity contribution in [1.82, 2.24) is 0 Å². The first-order valence-electron chi connectivity index (χ1n) is 4.97. The molecule has 1 atom stereocenters. The summed E-state index contributed by atoms with van der Waals surface area (Å²) in [5, 5.41) is 9.31. The van der Waals surface area contributed by atoms with E-state index in [-0.39, 0.29) is 0 Å². The Morgan fingerprint density at radius 3 is 2.08 bits per heavy atom. The number of nitrogens with zero attached hydrogens (tertiary/aromatic N) is 1. The highest BCUT2D eigenvalue weighted by Crippen LogP contribution is 2.31. The molecular formula is C10H22NO+. The van der Waals surface area contributed by atoms with Crippen molar-refractivity contribution in [3.05, 3.63) is 0 Å². The zero-order valence-corrected chi connectivity index (χ0v) is 8.58. The molecule has 0 aromatic carbocycles. The van der Waals surface area contributed by atoms with Gasteiger partial charge in [-0.15, -0.1) is 0 Å². The second-order valence-corrected chi connectivity index (χ2v) is 4.91. The predicted molar refractivity (Wildman–Crippen MR) is 50.9 cm³/mol. The topological polar surface area (TPSA) is 20.2 Å². The average molecular weight is 172 g/mol. The molecule has 0 spiro atoms. The van der Waals surface area contributed by atoms with Crippen LogP contribution in [0.3, 0.4) is 0 Å². The van der Waals surface area contributed by atoms with E-state index in [1.807, 2.05) is 0 Å². The van der Waals surface area contributed by atoms with Crippen LogP contribution in [0, 0.1) is 5.92 Å². The van der Waals surface area contributed by atoms with E-state index in [0.29, 0.717) is 12.6 Å². The summed E-state index contributed by atoms with van der Waals surface area (Å²) in [6.45, 7) is 0.341. The molecule has 72 valence electrons. The first kappa shape index (κ1) is 10.0. The second kappa shape index (κ2) is 3.75. The van der Waals surface area contributed by atoms with Crippen LogP contribution in [-0.4, -0.2) is 43.4 Å². The summed E-state index contributed by atoms with van der Waals surface area (Å²) >= 11 is 0. The molecule has 2 nitrogen and oxygen atoms in total. The van der Waals surface area contributed by atoms with Crippen molar-refractivity contribution in [2.24, 2.45) is 5.92 Å². The Labute approximate surface area is 75.8 Å². The first-order chi connectivity index (χ1) is 5.55. The molecule has 1 aliphatic rings. The normalized spacial score (nSPS) is 23.0. The standard InChI is InChI=1S/C10H22NO/c1-11(2,3)10(8-12)9-6-4-5-7-9/h9-10,12H,4-8H2,1-3H3/q+1. The van der Waals surface area contributed by atoms with Crippen LogP contribution in [0.1, 0.15) is 25.7 Å². The molecule has 1 fully saturated rings. The van der Waals surface area contributed by atoms with Gasteiger partial charge in [0.25, 0.3) is 0 Å². The van der Waals surface area contributed by atoms with E-state index in [1.165, 1.54) is 25.7 Å². The fourth-order valence-corrected chi connectivity index (χ4v) is 2.37. The minimum absolute atomic E-state index is 0.341. The van der Waals surface area contributed by atoms with Crippen LogP contribution in [0.2, 0.25) is 0 Å². The maximum Gasteiger partial charge on any atom is 0.115 e. The van der Waals surface area contributed by atoms with Crippen molar-refractivity contribution in [2.45, 2.75) is 31.7 Å². The Morgan fingerprint density at radius 1 is 1.25 bits per heavy atom. The Morgan fingerprint density at radius 2 is 1.75 bits per heavy atom. The number of rotatable bonds is 3. The van der Waals surface area contributed by atoms with Gasteiger partial charge in [-0.1, -0.05) is 12.8 Å². The van der Waals surface area contributed by atoms with E-state index in [0.717, 1.165) is 10.4 Å². The third kappa shape index (κ3) is 2.20. The van der Waals surface area contributed by atoms with Crippen molar-refractivity contribution in [3.8, 4) is 0 Å². The predicted octanol–water partition coefficient (Wildman–Crippen LogP) is 1.24. The van der Waals surface area contributed by atoms with Gasteiger partial charge < -0.3 is 9.59 Å². The maximum atomic E-state index is 9.31. The molecule has 1 aliphatic carbocycles. The van der Waals surface area contributed by atoms with E-state index in [4.69, 9.17) is 0 Å². The molecule has 0 bridgehead atoms. The van der Waals surface area contributed by atoms with E-state index in [1.54, 1.807) is 0 Å². The minimum atomic E-state index is 0.341. The Hall–Kier alpha value is -0.0800. The van der Waals surface area contributed by atoms with Crippen LogP contribution in [0.5, 0.6) is 0 Å². The summed E-state index contributed by atoms with van der Waals surface area (Å²) in [4.78, 5) is 0. The fourth-order valence-electron chi connectivity index (χ4n) is 2.37. The maximum absolute atomic E-state index is 9.31. The number of hydrogen-bond acceptors (Lipinski definition) is 1. The second-order valence-electron chi connectivity index (χ2n) is 4.91. The molecule has 1 N–H and O–H groups in total. The molecule has 0 aliphatic heterocycles. The Balaban J connectivity index is 2.54. The Kier molecular flexibility index (Phi) is 3.13. The summed E-state index contributed by atoms with van der Waals surface area (Å²) < 4.78 is 0.904. The molecule has 1 saturated carbocycles. The molecule has 0 aromatic rings. The van der Waals surface area contributed by atoms with Crippen molar-refractivity contribution >= 4 is 0 Å². The number of likely N-dealkylation sites (N-methyl/N-ethyl adjacent to an activating group) is 1. The molecule has 12 heavy (non-hydrogen) atoms. The van der Waals surface area contributed by atoms with Crippen molar-refractivity contribution in [1.29, 1.82) is 0 Å². The monoisotopic (exact) mass is 172 g/mol. The lowest BCUT2D eigenvalue weighted by atomic mass is 9.96. The largest absolute Gasteiger partial charge is 0.390 e. The minimum Gasteiger partial charge on any atom is -0.390 e. The summed E-state index contributed by atoms with van der Waals surface area (Å²) in [7, 11) is 6.54. The van der Waals surface area contributed by atoms with Crippen LogP contribution < -0.4 is 0 Å². The van der Waals surface area contributed by atoms with E-state index in [9.17, 15) is 5.11 Å². The van der Waals surface area contributed by atoms with E-state index < -0.39 is 0 Å². The van der Waals surface area contributed by atoms with Gasteiger partial charge in [-0.25, -0.2) is 0 Å². The number of aliphatic hydroxyl groups is 1. The molecule has 1 unspecified atom stereocenters. The lowest BCUT2D eigenvalue weighted by Crippen LogP contribution is -2.50. The lowest BCUT2D eigenvalue weighted by molar-refractivity contribution is -0.900. The summed E-state index contributed by atoms with van der Waals surface area (Å²) in [5.41, 5.74) is 0. The van der Waals surface area contributed by atoms with Gasteiger partial charge in [0.05, 0.1) is 27.7 Å². The van der Waals surface area contributed by atoms with Gasteiger partial charge in [0, 0.05) is 5.92 Å². The zero-order chi connectivity index (χ0) is 9.19. The van der Waals surface area contributed by atoms with Crippen LogP contribution in [0.25, 0.3) is 0 Å². The number of aliphatic hydroxyl groups excluding tert-OH is 1. The Bertz CT molecular complexity index is 133. The van der Waals surface area contributed by atoms with Crippen LogP contribution in [0.15, 0.2) is 0 Å². The summed E-state index contributed by atoms with van der Waals surface area (Å²) in [5.74, 6) is 0.759. The van der Waals surface area contributed by atoms with Crippen LogP contribution in [0.4, 0.5) is 0 Å². The molecule has 0 amide bonds. The number of hydrogen-bond donors (Lipinski definition) is 1. The molecule has 0 aromatic heterocycles. The van der Waals surface area contributed by atoms with Crippen molar-refractivity contribution in [3.63, 3.8) is 0 Å². The molecule has 0 saturated heterocycles. The van der Waals surface area contributed by atoms with Gasteiger partial charge in [-0.3, -0.25) is 0 Å².